The van der Waals surface area contributed by atoms with Crippen molar-refractivity contribution in [3.8, 4) is 0 Å². The largest absolute Gasteiger partial charge is 0.297 e. The van der Waals surface area contributed by atoms with Gasteiger partial charge in [-0.05, 0) is 6.92 Å². The molecule has 0 aliphatic carbocycles. The molecule has 1 nitrogen and oxygen atoms in total. The standard InChI is InChI=1S/C6H9FO/c1-3-4-6(7)5(2)8/h3,6H,1,4H2,2H3/t6-/m0/s1. The number of carbonyl (C=O) groups is 1. The third kappa shape index (κ3) is 2.50. The van der Waals surface area contributed by atoms with Gasteiger partial charge in [0.2, 0.25) is 0 Å². The van der Waals surface area contributed by atoms with Crippen LogP contribution in [0.5, 0.6) is 0 Å². The Hall–Kier alpha value is -0.660. The van der Waals surface area contributed by atoms with Crippen molar-refractivity contribution in [2.75, 3.05) is 0 Å². The summed E-state index contributed by atoms with van der Waals surface area (Å²) in [7, 11) is 0. The Labute approximate surface area is 48.2 Å². The number of hydrogen-bond acceptors (Lipinski definition) is 1. The number of Topliss-reactive ketones (excluding diaryl/α,β-unsaturated/α-hetero) is 1. The Balaban J connectivity index is 3.46. The Morgan fingerprint density at radius 2 is 2.50 bits per heavy atom. The van der Waals surface area contributed by atoms with Crippen LogP contribution in [-0.2, 0) is 4.79 Å². The van der Waals surface area contributed by atoms with Crippen molar-refractivity contribution < 1.29 is 9.18 Å². The van der Waals surface area contributed by atoms with Gasteiger partial charge in [-0.2, -0.15) is 0 Å². The molecule has 8 heavy (non-hydrogen) atoms. The van der Waals surface area contributed by atoms with Crippen LogP contribution in [0.3, 0.4) is 0 Å². The van der Waals surface area contributed by atoms with E-state index in [4.69, 9.17) is 0 Å². The highest BCUT2D eigenvalue weighted by molar-refractivity contribution is 5.80. The van der Waals surface area contributed by atoms with E-state index in [0.717, 1.165) is 0 Å². The number of alkyl halides is 1. The maximum atomic E-state index is 12.1. The van der Waals surface area contributed by atoms with E-state index in [2.05, 4.69) is 6.58 Å². The first-order valence-electron chi connectivity index (χ1n) is 2.44. The second-order valence-corrected chi connectivity index (χ2v) is 1.60. The highest BCUT2D eigenvalue weighted by atomic mass is 19.1. The average Bonchev–Trinajstić information content (AvgIpc) is 1.67. The van der Waals surface area contributed by atoms with Gasteiger partial charge in [-0.25, -0.2) is 4.39 Å². The molecule has 46 valence electrons. The SMILES string of the molecule is C=CC[C@H](F)C(C)=O. The highest BCUT2D eigenvalue weighted by Gasteiger charge is 2.07. The fourth-order valence-electron chi connectivity index (χ4n) is 0.312. The Morgan fingerprint density at radius 1 is 2.00 bits per heavy atom. The molecule has 0 saturated carbocycles. The van der Waals surface area contributed by atoms with Crippen molar-refractivity contribution in [2.45, 2.75) is 19.5 Å². The molecule has 0 radical (unpaired) electrons. The Morgan fingerprint density at radius 3 is 2.62 bits per heavy atom. The van der Waals surface area contributed by atoms with Crippen molar-refractivity contribution in [1.29, 1.82) is 0 Å². The van der Waals surface area contributed by atoms with Gasteiger partial charge >= 0.3 is 0 Å². The lowest BCUT2D eigenvalue weighted by atomic mass is 10.2. The number of ketones is 1. The molecule has 0 aliphatic rings. The second kappa shape index (κ2) is 3.36. The summed E-state index contributed by atoms with van der Waals surface area (Å²) >= 11 is 0. The van der Waals surface area contributed by atoms with E-state index in [0.29, 0.717) is 0 Å². The molecule has 1 atom stereocenters. The van der Waals surface area contributed by atoms with E-state index in [1.54, 1.807) is 0 Å². The molecule has 0 rings (SSSR count). The van der Waals surface area contributed by atoms with Gasteiger partial charge in [-0.1, -0.05) is 6.08 Å². The smallest absolute Gasteiger partial charge is 0.164 e. The molecule has 0 spiro atoms. The molecular weight excluding hydrogens is 107 g/mol. The number of halogens is 1. The molecule has 0 saturated heterocycles. The zero-order chi connectivity index (χ0) is 6.57. The van der Waals surface area contributed by atoms with Gasteiger partial charge in [0.05, 0.1) is 0 Å². The van der Waals surface area contributed by atoms with E-state index < -0.39 is 12.0 Å². The summed E-state index contributed by atoms with van der Waals surface area (Å²) in [5.41, 5.74) is 0. The second-order valence-electron chi connectivity index (χ2n) is 1.60. The van der Waals surface area contributed by atoms with Crippen LogP contribution >= 0.6 is 0 Å². The normalized spacial score (nSPS) is 12.8. The summed E-state index contributed by atoms with van der Waals surface area (Å²) in [5, 5.41) is 0. The zero-order valence-electron chi connectivity index (χ0n) is 4.86. The summed E-state index contributed by atoms with van der Waals surface area (Å²) in [5.74, 6) is -0.426. The summed E-state index contributed by atoms with van der Waals surface area (Å²) in [4.78, 5) is 10.1. The van der Waals surface area contributed by atoms with E-state index in [1.165, 1.54) is 13.0 Å². The molecule has 0 heterocycles. The van der Waals surface area contributed by atoms with Crippen LogP contribution in [0.25, 0.3) is 0 Å². The third-order valence-electron chi connectivity index (χ3n) is 0.815. The monoisotopic (exact) mass is 116 g/mol. The molecule has 0 N–H and O–H groups in total. The van der Waals surface area contributed by atoms with E-state index in [-0.39, 0.29) is 6.42 Å². The van der Waals surface area contributed by atoms with Crippen molar-refractivity contribution in [1.82, 2.24) is 0 Å². The van der Waals surface area contributed by atoms with Crippen molar-refractivity contribution in [3.05, 3.63) is 12.7 Å². The van der Waals surface area contributed by atoms with Crippen LogP contribution in [-0.4, -0.2) is 12.0 Å². The quantitative estimate of drug-likeness (QED) is 0.510. The number of rotatable bonds is 3. The fraction of sp³-hybridized carbons (Fsp3) is 0.500. The van der Waals surface area contributed by atoms with Gasteiger partial charge in [-0.15, -0.1) is 6.58 Å². The Kier molecular flexibility index (Phi) is 3.08. The fourth-order valence-corrected chi connectivity index (χ4v) is 0.312. The number of hydrogen-bond donors (Lipinski definition) is 0. The maximum Gasteiger partial charge on any atom is 0.164 e. The van der Waals surface area contributed by atoms with Gasteiger partial charge in [0.15, 0.2) is 12.0 Å². The zero-order valence-corrected chi connectivity index (χ0v) is 4.86. The van der Waals surface area contributed by atoms with Crippen LogP contribution in [0, 0.1) is 0 Å². The molecule has 2 heteroatoms. The molecule has 0 aromatic carbocycles. The van der Waals surface area contributed by atoms with Gasteiger partial charge in [0, 0.05) is 6.42 Å². The first kappa shape index (κ1) is 7.34. The van der Waals surface area contributed by atoms with Gasteiger partial charge in [0.1, 0.15) is 0 Å². The maximum absolute atomic E-state index is 12.1. The van der Waals surface area contributed by atoms with Crippen LogP contribution < -0.4 is 0 Å². The molecule has 0 unspecified atom stereocenters. The van der Waals surface area contributed by atoms with Crippen molar-refractivity contribution in [3.63, 3.8) is 0 Å². The van der Waals surface area contributed by atoms with Gasteiger partial charge < -0.3 is 0 Å². The molecule has 0 aromatic rings. The predicted octanol–water partition coefficient (Wildman–Crippen LogP) is 1.49. The van der Waals surface area contributed by atoms with Crippen molar-refractivity contribution in [2.24, 2.45) is 0 Å². The first-order valence-corrected chi connectivity index (χ1v) is 2.44. The van der Waals surface area contributed by atoms with Gasteiger partial charge in [0.25, 0.3) is 0 Å². The lowest BCUT2D eigenvalue weighted by Gasteiger charge is -1.95. The van der Waals surface area contributed by atoms with Crippen molar-refractivity contribution >= 4 is 5.78 Å². The molecular formula is C6H9FO. The molecule has 0 bridgehead atoms. The van der Waals surface area contributed by atoms with E-state index >= 15 is 0 Å². The number of carbonyl (C=O) groups excluding carboxylic acids is 1. The molecule has 0 amide bonds. The molecule has 0 aliphatic heterocycles. The summed E-state index contributed by atoms with van der Waals surface area (Å²) in [6.45, 7) is 4.52. The topological polar surface area (TPSA) is 17.1 Å². The van der Waals surface area contributed by atoms with Crippen LogP contribution in [0.1, 0.15) is 13.3 Å². The average molecular weight is 116 g/mol. The molecule has 0 fully saturated rings. The minimum atomic E-state index is -1.34. The summed E-state index contributed by atoms with van der Waals surface area (Å²) in [6.07, 6.45) is 0.189. The minimum absolute atomic E-state index is 0.134. The van der Waals surface area contributed by atoms with Crippen LogP contribution in [0.2, 0.25) is 0 Å². The summed E-state index contributed by atoms with van der Waals surface area (Å²) < 4.78 is 12.1. The summed E-state index contributed by atoms with van der Waals surface area (Å²) in [6, 6.07) is 0. The minimum Gasteiger partial charge on any atom is -0.297 e. The highest BCUT2D eigenvalue weighted by Crippen LogP contribution is 1.97. The van der Waals surface area contributed by atoms with Crippen LogP contribution in [0.15, 0.2) is 12.7 Å². The first-order chi connectivity index (χ1) is 3.68. The predicted molar refractivity (Wildman–Crippen MR) is 30.4 cm³/mol. The molecule has 0 aromatic heterocycles. The van der Waals surface area contributed by atoms with E-state index in [1.807, 2.05) is 0 Å². The Bertz CT molecular complexity index is 98.7. The number of allylic oxidation sites excluding steroid dienone is 1. The third-order valence-corrected chi connectivity index (χ3v) is 0.815. The lowest BCUT2D eigenvalue weighted by Crippen LogP contribution is -2.09. The van der Waals surface area contributed by atoms with Crippen LogP contribution in [0.4, 0.5) is 4.39 Å². The lowest BCUT2D eigenvalue weighted by molar-refractivity contribution is -0.121. The van der Waals surface area contributed by atoms with Gasteiger partial charge in [-0.3, -0.25) is 4.79 Å². The van der Waals surface area contributed by atoms with E-state index in [9.17, 15) is 9.18 Å².